The third-order valence-corrected chi connectivity index (χ3v) is 11.7. The van der Waals surface area contributed by atoms with Gasteiger partial charge in [-0.3, -0.25) is 4.99 Å². The van der Waals surface area contributed by atoms with Crippen LogP contribution >= 0.6 is 0 Å². The number of aromatic nitrogens is 1. The fourth-order valence-corrected chi connectivity index (χ4v) is 9.59. The van der Waals surface area contributed by atoms with Crippen molar-refractivity contribution in [2.75, 3.05) is 20.2 Å². The van der Waals surface area contributed by atoms with Gasteiger partial charge in [0.25, 0.3) is 0 Å². The molecule has 44 heavy (non-hydrogen) atoms. The minimum atomic E-state index is -1.42. The Morgan fingerprint density at radius 2 is 2.00 bits per heavy atom. The summed E-state index contributed by atoms with van der Waals surface area (Å²) in [5.74, 6) is 7.44. The molecule has 1 aromatic heterocycles. The van der Waals surface area contributed by atoms with Crippen LogP contribution in [0, 0.1) is 40.9 Å². The lowest BCUT2D eigenvalue weighted by Crippen LogP contribution is -2.53. The summed E-state index contributed by atoms with van der Waals surface area (Å²) in [6.07, 6.45) is 11.6. The molecular formula is C36H46N4O4. The third-order valence-electron chi connectivity index (χ3n) is 11.7. The van der Waals surface area contributed by atoms with Crippen LogP contribution in [0.25, 0.3) is 10.9 Å². The summed E-state index contributed by atoms with van der Waals surface area (Å²) in [6.45, 7) is 0.640. The molecule has 0 amide bonds. The fourth-order valence-electron chi connectivity index (χ4n) is 9.59. The van der Waals surface area contributed by atoms with Gasteiger partial charge in [-0.15, -0.1) is 0 Å². The van der Waals surface area contributed by atoms with Crippen LogP contribution < -0.4 is 10.6 Å². The van der Waals surface area contributed by atoms with Crippen LogP contribution in [0.5, 0.6) is 0 Å². The van der Waals surface area contributed by atoms with Crippen molar-refractivity contribution in [1.29, 1.82) is 0 Å². The molecule has 2 saturated carbocycles. The van der Waals surface area contributed by atoms with Gasteiger partial charge in [-0.1, -0.05) is 53.8 Å². The van der Waals surface area contributed by atoms with Crippen LogP contribution in [0.1, 0.15) is 57.1 Å². The maximum atomic E-state index is 12.6. The van der Waals surface area contributed by atoms with Crippen molar-refractivity contribution in [3.05, 3.63) is 59.8 Å². The van der Waals surface area contributed by atoms with Gasteiger partial charge < -0.3 is 36.0 Å². The molecule has 5 aliphatic carbocycles. The molecule has 9 atom stereocenters. The Balaban J connectivity index is 1.34. The quantitative estimate of drug-likeness (QED) is 0.0899. The van der Waals surface area contributed by atoms with E-state index < -0.39 is 23.3 Å². The number of fused-ring (bicyclic) bond motifs is 4. The van der Waals surface area contributed by atoms with E-state index in [9.17, 15) is 20.4 Å². The SMILES string of the molecule is CN=C(NCCCO)NC1C#CC2CCC=C(Cc3cc4ccccc4[nH]3)C23CC2C(CC(O)C2(O)C1)C1(O)CC=CC3C1. The Bertz CT molecular complexity index is 1520. The maximum Gasteiger partial charge on any atom is 0.191 e. The van der Waals surface area contributed by atoms with E-state index in [1.54, 1.807) is 7.05 Å². The molecular weight excluding hydrogens is 552 g/mol. The molecule has 9 unspecified atom stereocenters. The number of hydrogen-bond acceptors (Lipinski definition) is 5. The summed E-state index contributed by atoms with van der Waals surface area (Å²) in [5.41, 5.74) is 0.852. The summed E-state index contributed by atoms with van der Waals surface area (Å²) in [6, 6.07) is 10.2. The van der Waals surface area contributed by atoms with Crippen molar-refractivity contribution in [2.24, 2.45) is 34.1 Å². The van der Waals surface area contributed by atoms with Crippen molar-refractivity contribution < 1.29 is 20.4 Å². The number of hydrogen-bond donors (Lipinski definition) is 7. The largest absolute Gasteiger partial charge is 0.396 e. The Morgan fingerprint density at radius 1 is 1.14 bits per heavy atom. The first-order valence-electron chi connectivity index (χ1n) is 16.4. The van der Waals surface area contributed by atoms with Crippen LogP contribution in [-0.2, 0) is 6.42 Å². The fraction of sp³-hybridized carbons (Fsp3) is 0.583. The van der Waals surface area contributed by atoms with E-state index in [2.05, 4.69) is 81.0 Å². The number of aliphatic hydroxyl groups is 4. The number of rotatable bonds is 6. The van der Waals surface area contributed by atoms with Gasteiger partial charge in [0.05, 0.1) is 23.3 Å². The van der Waals surface area contributed by atoms with Gasteiger partial charge >= 0.3 is 0 Å². The molecule has 8 nitrogen and oxygen atoms in total. The van der Waals surface area contributed by atoms with Crippen molar-refractivity contribution >= 4 is 16.9 Å². The Labute approximate surface area is 259 Å². The topological polar surface area (TPSA) is 133 Å². The van der Waals surface area contributed by atoms with Crippen LogP contribution in [0.4, 0.5) is 0 Å². The highest BCUT2D eigenvalue weighted by atomic mass is 16.3. The van der Waals surface area contributed by atoms with Crippen molar-refractivity contribution in [1.82, 2.24) is 15.6 Å². The smallest absolute Gasteiger partial charge is 0.191 e. The molecule has 0 aliphatic heterocycles. The molecule has 1 aromatic carbocycles. The number of aliphatic hydroxyl groups excluding tert-OH is 2. The van der Waals surface area contributed by atoms with Gasteiger partial charge in [0.1, 0.15) is 0 Å². The first-order valence-corrected chi connectivity index (χ1v) is 16.4. The summed E-state index contributed by atoms with van der Waals surface area (Å²) >= 11 is 0. The summed E-state index contributed by atoms with van der Waals surface area (Å²) < 4.78 is 0. The molecule has 2 fully saturated rings. The number of benzene rings is 1. The zero-order valence-electron chi connectivity index (χ0n) is 25.6. The van der Waals surface area contributed by atoms with Crippen LogP contribution in [-0.4, -0.2) is 74.9 Å². The summed E-state index contributed by atoms with van der Waals surface area (Å²) in [7, 11) is 1.70. The van der Waals surface area contributed by atoms with Crippen LogP contribution in [0.15, 0.2) is 59.1 Å². The Morgan fingerprint density at radius 3 is 2.82 bits per heavy atom. The van der Waals surface area contributed by atoms with E-state index in [0.717, 1.165) is 30.5 Å². The van der Waals surface area contributed by atoms with Gasteiger partial charge in [-0.25, -0.2) is 0 Å². The van der Waals surface area contributed by atoms with Gasteiger partial charge in [0, 0.05) is 55.6 Å². The molecule has 2 aromatic rings. The average molecular weight is 599 g/mol. The second kappa shape index (κ2) is 11.4. The number of allylic oxidation sites excluding steroid dienone is 3. The highest BCUT2D eigenvalue weighted by Gasteiger charge is 2.66. The lowest BCUT2D eigenvalue weighted by Gasteiger charge is -2.50. The number of para-hydroxylation sites is 1. The molecule has 8 heteroatoms. The van der Waals surface area contributed by atoms with Crippen molar-refractivity contribution in [2.45, 2.75) is 81.1 Å². The van der Waals surface area contributed by atoms with Gasteiger partial charge in [-0.2, -0.15) is 0 Å². The van der Waals surface area contributed by atoms with Gasteiger partial charge in [0.15, 0.2) is 5.96 Å². The zero-order chi connectivity index (χ0) is 30.5. The predicted molar refractivity (Wildman–Crippen MR) is 172 cm³/mol. The maximum absolute atomic E-state index is 12.6. The minimum absolute atomic E-state index is 0.0383. The Kier molecular flexibility index (Phi) is 7.65. The number of H-pyrrole nitrogens is 1. The highest BCUT2D eigenvalue weighted by Crippen LogP contribution is 2.65. The van der Waals surface area contributed by atoms with Crippen molar-refractivity contribution in [3.8, 4) is 11.8 Å². The van der Waals surface area contributed by atoms with Crippen LogP contribution in [0.2, 0.25) is 0 Å². The number of nitrogens with zero attached hydrogens (tertiary/aromatic N) is 1. The van der Waals surface area contributed by atoms with Gasteiger partial charge in [-0.05, 0) is 80.2 Å². The number of aliphatic imine (C=N–C) groups is 1. The molecule has 1 spiro atoms. The van der Waals surface area contributed by atoms with E-state index in [1.807, 2.05) is 0 Å². The molecule has 5 aliphatic rings. The highest BCUT2D eigenvalue weighted by molar-refractivity contribution is 5.81. The molecule has 0 radical (unpaired) electrons. The van der Waals surface area contributed by atoms with E-state index in [1.165, 1.54) is 11.0 Å². The van der Waals surface area contributed by atoms with E-state index in [-0.39, 0.29) is 42.1 Å². The molecule has 1 heterocycles. The number of nitrogens with one attached hydrogen (secondary N) is 3. The molecule has 234 valence electrons. The monoisotopic (exact) mass is 598 g/mol. The van der Waals surface area contributed by atoms with E-state index >= 15 is 0 Å². The van der Waals surface area contributed by atoms with Gasteiger partial charge in [0.2, 0.25) is 0 Å². The molecule has 7 rings (SSSR count). The normalized spacial score (nSPS) is 39.2. The molecule has 0 saturated heterocycles. The number of guanidine groups is 1. The standard InChI is InChI=1S/C36H46N4O4/c1-37-33(38-15-6-16-41)40-27-13-12-24-8-4-9-25(18-28-17-23-7-2-3-11-31(23)39-28)35(24)22-30-29(19-32(42)36(30,44)21-27)34(43)14-5-10-26(35)20-34/h2-3,5,7,9-11,17,24,26-27,29-30,32,39,41-44H,4,6,8,14-16,18-22H2,1H3,(H2,37,38,40). The van der Waals surface area contributed by atoms with Crippen LogP contribution in [0.3, 0.4) is 0 Å². The summed E-state index contributed by atoms with van der Waals surface area (Å²) in [5, 5.41) is 53.7. The predicted octanol–water partition coefficient (Wildman–Crippen LogP) is 3.19. The zero-order valence-corrected chi connectivity index (χ0v) is 25.6. The minimum Gasteiger partial charge on any atom is -0.396 e. The average Bonchev–Trinajstić information content (AvgIpc) is 3.53. The summed E-state index contributed by atoms with van der Waals surface area (Å²) in [4.78, 5) is 8.02. The molecule has 7 N–H and O–H groups in total. The first-order chi connectivity index (χ1) is 21.3. The second-order valence-corrected chi connectivity index (χ2v) is 13.9. The Hall–Kier alpha value is -3.09. The van der Waals surface area contributed by atoms with E-state index in [4.69, 9.17) is 0 Å². The first kappa shape index (κ1) is 29.6. The second-order valence-electron chi connectivity index (χ2n) is 13.9. The van der Waals surface area contributed by atoms with E-state index in [0.29, 0.717) is 44.6 Å². The molecule has 4 bridgehead atoms. The van der Waals surface area contributed by atoms with Crippen molar-refractivity contribution in [3.63, 3.8) is 0 Å². The number of aromatic amines is 1. The lowest BCUT2D eigenvalue weighted by atomic mass is 9.53. The third kappa shape index (κ3) is 4.80. The lowest BCUT2D eigenvalue weighted by molar-refractivity contribution is -0.108.